The third-order valence-corrected chi connectivity index (χ3v) is 3.83. The zero-order valence-corrected chi connectivity index (χ0v) is 14.6. The fraction of sp³-hybridized carbons (Fsp3) is 0.316. The first-order valence-corrected chi connectivity index (χ1v) is 8.47. The molecule has 1 aromatic heterocycles. The van der Waals surface area contributed by atoms with Gasteiger partial charge >= 0.3 is 0 Å². The summed E-state index contributed by atoms with van der Waals surface area (Å²) in [4.78, 5) is 7.25. The Bertz CT molecular complexity index is 821. The van der Waals surface area contributed by atoms with Crippen LogP contribution >= 0.6 is 0 Å². The van der Waals surface area contributed by atoms with E-state index in [1.165, 1.54) is 0 Å². The van der Waals surface area contributed by atoms with Gasteiger partial charge in [0.05, 0.1) is 19.0 Å². The quantitative estimate of drug-likeness (QED) is 0.481. The Hall–Kier alpha value is -2.77. The van der Waals surface area contributed by atoms with E-state index in [2.05, 4.69) is 15.3 Å². The van der Waals surface area contributed by atoms with Gasteiger partial charge in [0.2, 0.25) is 0 Å². The zero-order chi connectivity index (χ0) is 18.2. The van der Waals surface area contributed by atoms with Crippen molar-refractivity contribution in [2.45, 2.75) is 6.10 Å². The maximum atomic E-state index is 10.1. The second-order valence-electron chi connectivity index (χ2n) is 5.72. The minimum atomic E-state index is -0.629. The number of nitrogens with zero attached hydrogens (tertiary/aromatic N) is 1. The van der Waals surface area contributed by atoms with Crippen molar-refractivity contribution < 1.29 is 19.3 Å². The molecule has 2 aromatic carbocycles. The Kier molecular flexibility index (Phi) is 6.29. The number of ether oxygens (including phenoxy) is 3. The van der Waals surface area contributed by atoms with E-state index in [9.17, 15) is 5.11 Å². The second kappa shape index (κ2) is 9.07. The molecule has 0 saturated heterocycles. The van der Waals surface area contributed by atoms with Crippen LogP contribution in [0.4, 0.5) is 0 Å². The summed E-state index contributed by atoms with van der Waals surface area (Å²) in [6.45, 7) is 1.67. The molecule has 0 bridgehead atoms. The summed E-state index contributed by atoms with van der Waals surface area (Å²) in [6.07, 6.45) is 0.993. The van der Waals surface area contributed by atoms with Gasteiger partial charge in [-0.05, 0) is 24.3 Å². The molecule has 0 aliphatic rings. The molecule has 0 aliphatic carbocycles. The average molecular weight is 357 g/mol. The monoisotopic (exact) mass is 357 g/mol. The highest BCUT2D eigenvalue weighted by Crippen LogP contribution is 2.25. The number of aromatic nitrogens is 2. The number of rotatable bonds is 10. The van der Waals surface area contributed by atoms with Crippen molar-refractivity contribution in [3.05, 3.63) is 48.8 Å². The van der Waals surface area contributed by atoms with Crippen molar-refractivity contribution in [2.24, 2.45) is 0 Å². The van der Waals surface area contributed by atoms with Crippen molar-refractivity contribution in [3.63, 3.8) is 0 Å². The highest BCUT2D eigenvalue weighted by atomic mass is 16.5. The first-order valence-electron chi connectivity index (χ1n) is 8.47. The lowest BCUT2D eigenvalue weighted by Crippen LogP contribution is -2.33. The van der Waals surface area contributed by atoms with E-state index in [4.69, 9.17) is 14.2 Å². The molecule has 0 amide bonds. The number of benzene rings is 2. The summed E-state index contributed by atoms with van der Waals surface area (Å²) in [5.74, 6) is 2.06. The molecule has 1 heterocycles. The van der Waals surface area contributed by atoms with Crippen molar-refractivity contribution in [2.75, 3.05) is 33.4 Å². The van der Waals surface area contributed by atoms with E-state index >= 15 is 0 Å². The summed E-state index contributed by atoms with van der Waals surface area (Å²) < 4.78 is 16.6. The van der Waals surface area contributed by atoms with Crippen LogP contribution in [0.3, 0.4) is 0 Å². The van der Waals surface area contributed by atoms with Crippen LogP contribution in [0.25, 0.3) is 11.0 Å². The summed E-state index contributed by atoms with van der Waals surface area (Å²) in [6, 6.07) is 13.1. The molecule has 3 aromatic rings. The van der Waals surface area contributed by atoms with Gasteiger partial charge in [0.25, 0.3) is 0 Å². The van der Waals surface area contributed by atoms with Gasteiger partial charge in [-0.1, -0.05) is 18.2 Å². The summed E-state index contributed by atoms with van der Waals surface area (Å²) in [5, 5.41) is 13.2. The van der Waals surface area contributed by atoms with Crippen LogP contribution in [0.1, 0.15) is 0 Å². The fourth-order valence-electron chi connectivity index (χ4n) is 2.54. The normalized spacial score (nSPS) is 12.1. The topological polar surface area (TPSA) is 88.6 Å². The fourth-order valence-corrected chi connectivity index (χ4v) is 2.54. The number of hydrogen-bond acceptors (Lipinski definition) is 6. The van der Waals surface area contributed by atoms with Crippen LogP contribution in [0.5, 0.6) is 17.2 Å². The van der Waals surface area contributed by atoms with Crippen LogP contribution in [-0.2, 0) is 0 Å². The molecule has 26 heavy (non-hydrogen) atoms. The molecule has 1 unspecified atom stereocenters. The number of hydrogen-bond donors (Lipinski definition) is 3. The van der Waals surface area contributed by atoms with Crippen molar-refractivity contribution >= 4 is 11.0 Å². The first kappa shape index (κ1) is 18.0. The van der Waals surface area contributed by atoms with Gasteiger partial charge in [-0.3, -0.25) is 0 Å². The molecule has 138 valence electrons. The highest BCUT2D eigenvalue weighted by molar-refractivity contribution is 5.81. The van der Waals surface area contributed by atoms with Crippen LogP contribution < -0.4 is 19.5 Å². The number of methoxy groups -OCH3 is 1. The number of nitrogens with one attached hydrogen (secondary N) is 2. The van der Waals surface area contributed by atoms with Crippen LogP contribution in [-0.4, -0.2) is 54.6 Å². The van der Waals surface area contributed by atoms with Crippen molar-refractivity contribution in [1.82, 2.24) is 15.3 Å². The number of H-pyrrole nitrogens is 1. The number of para-hydroxylation sites is 3. The van der Waals surface area contributed by atoms with Crippen LogP contribution in [0, 0.1) is 0 Å². The number of aliphatic hydroxyl groups is 1. The van der Waals surface area contributed by atoms with Gasteiger partial charge < -0.3 is 29.6 Å². The van der Waals surface area contributed by atoms with Gasteiger partial charge in [-0.25, -0.2) is 4.98 Å². The molecule has 7 heteroatoms. The molecule has 3 N–H and O–H groups in total. The third-order valence-electron chi connectivity index (χ3n) is 3.83. The molecule has 0 aliphatic heterocycles. The Balaban J connectivity index is 1.35. The zero-order valence-electron chi connectivity index (χ0n) is 14.6. The predicted molar refractivity (Wildman–Crippen MR) is 99.0 cm³/mol. The number of fused-ring (bicyclic) bond motifs is 1. The van der Waals surface area contributed by atoms with Crippen molar-refractivity contribution in [3.8, 4) is 17.2 Å². The minimum absolute atomic E-state index is 0.187. The molecular formula is C19H23N3O4. The Morgan fingerprint density at radius 1 is 1.08 bits per heavy atom. The molecule has 1 atom stereocenters. The van der Waals surface area contributed by atoms with Gasteiger partial charge in [-0.2, -0.15) is 0 Å². The Labute approximate surface area is 151 Å². The van der Waals surface area contributed by atoms with Gasteiger partial charge in [0, 0.05) is 13.1 Å². The van der Waals surface area contributed by atoms with Crippen molar-refractivity contribution in [1.29, 1.82) is 0 Å². The Morgan fingerprint density at radius 2 is 1.88 bits per heavy atom. The lowest BCUT2D eigenvalue weighted by Gasteiger charge is -2.14. The van der Waals surface area contributed by atoms with Crippen LogP contribution in [0.2, 0.25) is 0 Å². The van der Waals surface area contributed by atoms with E-state index in [0.717, 1.165) is 11.0 Å². The van der Waals surface area contributed by atoms with E-state index in [0.29, 0.717) is 36.9 Å². The van der Waals surface area contributed by atoms with Gasteiger partial charge in [-0.15, -0.1) is 0 Å². The maximum Gasteiger partial charge on any atom is 0.161 e. The standard InChI is InChI=1S/C19H23N3O4/c1-24-16-6-2-3-7-17(16)25-10-9-20-11-14(23)12-26-18-8-4-5-15-19(18)22-13-21-15/h2-8,13-14,20,23H,9-12H2,1H3,(H,21,22). The molecular weight excluding hydrogens is 334 g/mol. The first-order chi connectivity index (χ1) is 12.8. The predicted octanol–water partition coefficient (Wildman–Crippen LogP) is 1.98. The van der Waals surface area contributed by atoms with Gasteiger partial charge in [0.1, 0.15) is 30.6 Å². The Morgan fingerprint density at radius 3 is 2.73 bits per heavy atom. The molecule has 0 radical (unpaired) electrons. The van der Waals surface area contributed by atoms with E-state index in [-0.39, 0.29) is 6.61 Å². The molecule has 0 spiro atoms. The third kappa shape index (κ3) is 4.65. The summed E-state index contributed by atoms with van der Waals surface area (Å²) in [5.41, 5.74) is 1.67. The molecule has 0 fully saturated rings. The largest absolute Gasteiger partial charge is 0.493 e. The number of aliphatic hydroxyl groups excluding tert-OH is 1. The highest BCUT2D eigenvalue weighted by Gasteiger charge is 2.09. The molecule has 7 nitrogen and oxygen atoms in total. The maximum absolute atomic E-state index is 10.1. The van der Waals surface area contributed by atoms with E-state index in [1.807, 2.05) is 42.5 Å². The van der Waals surface area contributed by atoms with Gasteiger partial charge in [0.15, 0.2) is 11.5 Å². The molecule has 0 saturated carbocycles. The smallest absolute Gasteiger partial charge is 0.161 e. The molecule has 3 rings (SSSR count). The van der Waals surface area contributed by atoms with E-state index < -0.39 is 6.10 Å². The van der Waals surface area contributed by atoms with E-state index in [1.54, 1.807) is 13.4 Å². The lowest BCUT2D eigenvalue weighted by atomic mass is 10.3. The average Bonchev–Trinajstić information content (AvgIpc) is 3.15. The SMILES string of the molecule is COc1ccccc1OCCNCC(O)COc1cccc2[nH]cnc12. The number of imidazole rings is 1. The van der Waals surface area contributed by atoms with Crippen LogP contribution in [0.15, 0.2) is 48.8 Å². The second-order valence-corrected chi connectivity index (χ2v) is 5.72. The summed E-state index contributed by atoms with van der Waals surface area (Å²) in [7, 11) is 1.61. The number of aromatic amines is 1. The summed E-state index contributed by atoms with van der Waals surface area (Å²) >= 11 is 0. The minimum Gasteiger partial charge on any atom is -0.493 e. The lowest BCUT2D eigenvalue weighted by molar-refractivity contribution is 0.106.